The molecule has 0 aliphatic heterocycles. The predicted molar refractivity (Wildman–Crippen MR) is 111 cm³/mol. The Labute approximate surface area is 181 Å². The Morgan fingerprint density at radius 2 is 1.78 bits per heavy atom. The largest absolute Gasteiger partial charge is 0.439 e. The lowest BCUT2D eigenvalue weighted by Gasteiger charge is -2.14. The maximum Gasteiger partial charge on any atom is 0.416 e. The normalized spacial score (nSPS) is 11.0. The average molecular weight is 444 g/mol. The number of rotatable bonds is 6. The summed E-state index contributed by atoms with van der Waals surface area (Å²) < 4.78 is 45.0. The van der Waals surface area contributed by atoms with Crippen LogP contribution in [0.15, 0.2) is 54.9 Å². The van der Waals surface area contributed by atoms with E-state index in [1.54, 1.807) is 25.1 Å². The van der Waals surface area contributed by atoms with Crippen LogP contribution in [-0.2, 0) is 22.2 Å². The van der Waals surface area contributed by atoms with Gasteiger partial charge in [0.25, 0.3) is 0 Å². The van der Waals surface area contributed by atoms with E-state index in [0.717, 1.165) is 6.07 Å². The minimum Gasteiger partial charge on any atom is -0.439 e. The Hall–Kier alpha value is -3.95. The number of amides is 2. The predicted octanol–water partition coefficient (Wildman–Crippen LogP) is 4.74. The van der Waals surface area contributed by atoms with Gasteiger partial charge in [0.05, 0.1) is 12.0 Å². The number of hydrogen-bond acceptors (Lipinski definition) is 5. The van der Waals surface area contributed by atoms with Crippen LogP contribution in [0.3, 0.4) is 0 Å². The third-order valence-electron chi connectivity index (χ3n) is 4.31. The van der Waals surface area contributed by atoms with Gasteiger partial charge in [-0.25, -0.2) is 9.97 Å². The molecule has 0 saturated heterocycles. The summed E-state index contributed by atoms with van der Waals surface area (Å²) in [5.41, 5.74) is 0.137. The van der Waals surface area contributed by atoms with Crippen molar-refractivity contribution >= 4 is 23.3 Å². The molecule has 7 nitrogen and oxygen atoms in total. The second-order valence-corrected chi connectivity index (χ2v) is 6.88. The van der Waals surface area contributed by atoms with Crippen LogP contribution in [-0.4, -0.2) is 21.8 Å². The molecule has 0 aliphatic rings. The summed E-state index contributed by atoms with van der Waals surface area (Å²) in [7, 11) is 0. The summed E-state index contributed by atoms with van der Waals surface area (Å²) in [6, 6.07) is 11.2. The van der Waals surface area contributed by atoms with Gasteiger partial charge in [-0.3, -0.25) is 9.59 Å². The average Bonchev–Trinajstić information content (AvgIpc) is 2.69. The highest BCUT2D eigenvalue weighted by atomic mass is 19.4. The van der Waals surface area contributed by atoms with Gasteiger partial charge in [0.1, 0.15) is 17.9 Å². The molecule has 0 aliphatic carbocycles. The van der Waals surface area contributed by atoms with Crippen LogP contribution in [0.1, 0.15) is 23.6 Å². The van der Waals surface area contributed by atoms with Crippen molar-refractivity contribution in [3.63, 3.8) is 0 Å². The number of anilines is 2. The minimum atomic E-state index is -4.54. The summed E-state index contributed by atoms with van der Waals surface area (Å²) in [6.07, 6.45) is -3.71. The Balaban J connectivity index is 1.69. The van der Waals surface area contributed by atoms with Crippen molar-refractivity contribution in [1.82, 2.24) is 9.97 Å². The zero-order valence-electron chi connectivity index (χ0n) is 17.2. The molecule has 0 radical (unpaired) electrons. The number of nitrogens with one attached hydrogen (secondary N) is 2. The molecule has 0 spiro atoms. The van der Waals surface area contributed by atoms with Crippen LogP contribution in [0.5, 0.6) is 11.6 Å². The molecule has 2 N–H and O–H groups in total. The second kappa shape index (κ2) is 9.46. The molecular formula is C22H19F3N4O3. The quantitative estimate of drug-likeness (QED) is 0.573. The number of ether oxygens (including phenoxy) is 1. The first-order chi connectivity index (χ1) is 15.1. The molecule has 32 heavy (non-hydrogen) atoms. The Morgan fingerprint density at radius 1 is 1.03 bits per heavy atom. The fourth-order valence-electron chi connectivity index (χ4n) is 2.92. The fraction of sp³-hybridized carbons (Fsp3) is 0.182. The van der Waals surface area contributed by atoms with Crippen LogP contribution in [0.4, 0.5) is 24.7 Å². The minimum absolute atomic E-state index is 0.103. The number of benzene rings is 2. The molecule has 0 bridgehead atoms. The number of aromatic nitrogens is 2. The topological polar surface area (TPSA) is 93.2 Å². The van der Waals surface area contributed by atoms with E-state index in [9.17, 15) is 22.8 Å². The maximum atomic E-state index is 13.1. The van der Waals surface area contributed by atoms with Crippen LogP contribution in [0.2, 0.25) is 0 Å². The van der Waals surface area contributed by atoms with E-state index >= 15 is 0 Å². The zero-order chi connectivity index (χ0) is 23.3. The van der Waals surface area contributed by atoms with Crippen molar-refractivity contribution in [2.75, 3.05) is 10.6 Å². The van der Waals surface area contributed by atoms with Gasteiger partial charge in [-0.05, 0) is 42.3 Å². The second-order valence-electron chi connectivity index (χ2n) is 6.88. The molecule has 10 heteroatoms. The van der Waals surface area contributed by atoms with E-state index in [2.05, 4.69) is 20.6 Å². The van der Waals surface area contributed by atoms with E-state index in [-0.39, 0.29) is 23.2 Å². The van der Waals surface area contributed by atoms with Crippen molar-refractivity contribution in [2.24, 2.45) is 0 Å². The number of carbonyl (C=O) groups is 2. The molecule has 0 unspecified atom stereocenters. The van der Waals surface area contributed by atoms with Gasteiger partial charge in [0.2, 0.25) is 17.7 Å². The molecular weight excluding hydrogens is 425 g/mol. The lowest BCUT2D eigenvalue weighted by molar-refractivity contribution is -0.138. The smallest absolute Gasteiger partial charge is 0.416 e. The van der Waals surface area contributed by atoms with Crippen LogP contribution < -0.4 is 15.4 Å². The van der Waals surface area contributed by atoms with Gasteiger partial charge in [-0.15, -0.1) is 0 Å². The van der Waals surface area contributed by atoms with Crippen molar-refractivity contribution in [3.05, 3.63) is 71.5 Å². The number of aryl methyl sites for hydroxylation is 1. The van der Waals surface area contributed by atoms with Gasteiger partial charge in [0, 0.05) is 18.7 Å². The Kier molecular flexibility index (Phi) is 6.72. The summed E-state index contributed by atoms with van der Waals surface area (Å²) in [6.45, 7) is 3.07. The number of hydrogen-bond donors (Lipinski definition) is 2. The molecule has 3 rings (SSSR count). The lowest BCUT2D eigenvalue weighted by Crippen LogP contribution is -2.18. The molecule has 2 amide bonds. The van der Waals surface area contributed by atoms with Crippen LogP contribution in [0.25, 0.3) is 0 Å². The first kappa shape index (κ1) is 22.7. The van der Waals surface area contributed by atoms with E-state index < -0.39 is 24.1 Å². The molecule has 2 aromatic carbocycles. The standard InChI is InChI=1S/C22H19F3N4O3/c1-13-9-16(32-21-11-19(26-12-27-21)28-14(2)30)7-8-18(13)29-20(31)10-15-5-3-4-6-17(15)22(23,24)25/h3-9,11-12H,10H2,1-2H3,(H,29,31)(H,26,27,28,30). The Bertz CT molecular complexity index is 1150. The highest BCUT2D eigenvalue weighted by Crippen LogP contribution is 2.32. The summed E-state index contributed by atoms with van der Waals surface area (Å²) in [5, 5.41) is 5.14. The molecule has 0 fully saturated rings. The first-order valence-electron chi connectivity index (χ1n) is 9.45. The van der Waals surface area contributed by atoms with Gasteiger partial charge in [-0.1, -0.05) is 18.2 Å². The summed E-state index contributed by atoms with van der Waals surface area (Å²) in [4.78, 5) is 31.4. The van der Waals surface area contributed by atoms with E-state index in [4.69, 9.17) is 4.74 Å². The van der Waals surface area contributed by atoms with Crippen LogP contribution >= 0.6 is 0 Å². The number of carbonyl (C=O) groups excluding carboxylic acids is 2. The van der Waals surface area contributed by atoms with Crippen molar-refractivity contribution in [2.45, 2.75) is 26.4 Å². The molecule has 3 aromatic rings. The molecule has 1 aromatic heterocycles. The molecule has 166 valence electrons. The fourth-order valence-corrected chi connectivity index (χ4v) is 2.92. The highest BCUT2D eigenvalue weighted by molar-refractivity contribution is 5.93. The van der Waals surface area contributed by atoms with E-state index in [0.29, 0.717) is 17.0 Å². The van der Waals surface area contributed by atoms with Crippen molar-refractivity contribution in [1.29, 1.82) is 0 Å². The molecule has 1 heterocycles. The molecule has 0 saturated carbocycles. The number of alkyl halides is 3. The maximum absolute atomic E-state index is 13.1. The third-order valence-corrected chi connectivity index (χ3v) is 4.31. The third kappa shape index (κ3) is 6.03. The zero-order valence-corrected chi connectivity index (χ0v) is 17.2. The van der Waals surface area contributed by atoms with Gasteiger partial charge in [-0.2, -0.15) is 13.2 Å². The number of halogens is 3. The van der Waals surface area contributed by atoms with E-state index in [1.807, 2.05) is 0 Å². The highest BCUT2D eigenvalue weighted by Gasteiger charge is 2.33. The van der Waals surface area contributed by atoms with Crippen LogP contribution in [0, 0.1) is 6.92 Å². The summed E-state index contributed by atoms with van der Waals surface area (Å²) >= 11 is 0. The lowest BCUT2D eigenvalue weighted by atomic mass is 10.0. The Morgan fingerprint density at radius 3 is 2.47 bits per heavy atom. The van der Waals surface area contributed by atoms with Gasteiger partial charge >= 0.3 is 6.18 Å². The summed E-state index contributed by atoms with van der Waals surface area (Å²) in [5.74, 6) is 0.0268. The van der Waals surface area contributed by atoms with Gasteiger partial charge in [0.15, 0.2) is 0 Å². The van der Waals surface area contributed by atoms with Crippen molar-refractivity contribution < 1.29 is 27.5 Å². The first-order valence-corrected chi connectivity index (χ1v) is 9.45. The van der Waals surface area contributed by atoms with Gasteiger partial charge < -0.3 is 15.4 Å². The monoisotopic (exact) mass is 444 g/mol. The number of nitrogens with zero attached hydrogens (tertiary/aromatic N) is 2. The van der Waals surface area contributed by atoms with Crippen molar-refractivity contribution in [3.8, 4) is 11.6 Å². The SMILES string of the molecule is CC(=O)Nc1cc(Oc2ccc(NC(=O)Cc3ccccc3C(F)(F)F)c(C)c2)ncn1. The molecule has 0 atom stereocenters. The van der Waals surface area contributed by atoms with E-state index in [1.165, 1.54) is 37.5 Å².